The van der Waals surface area contributed by atoms with Crippen molar-refractivity contribution in [3.05, 3.63) is 24.0 Å². The highest BCUT2D eigenvalue weighted by Crippen LogP contribution is 2.21. The van der Waals surface area contributed by atoms with Gasteiger partial charge in [-0.25, -0.2) is 4.98 Å². The van der Waals surface area contributed by atoms with Crippen molar-refractivity contribution in [2.24, 2.45) is 7.05 Å². The van der Waals surface area contributed by atoms with Crippen LogP contribution in [-0.4, -0.2) is 46.7 Å². The number of nitrogens with one attached hydrogen (secondary N) is 1. The Kier molecular flexibility index (Phi) is 4.93. The van der Waals surface area contributed by atoms with Gasteiger partial charge in [-0.2, -0.15) is 0 Å². The normalized spacial score (nSPS) is 15.9. The number of benzene rings is 1. The zero-order valence-electron chi connectivity index (χ0n) is 13.8. The van der Waals surface area contributed by atoms with E-state index in [1.165, 1.54) is 0 Å². The molecule has 0 radical (unpaired) electrons. The largest absolute Gasteiger partial charge is 0.379 e. The number of rotatable bonds is 5. The number of nitrogens with zero attached hydrogens (tertiary/aromatic N) is 3. The lowest BCUT2D eigenvalue weighted by molar-refractivity contribution is -0.116. The van der Waals surface area contributed by atoms with Gasteiger partial charge in [-0.1, -0.05) is 6.92 Å². The van der Waals surface area contributed by atoms with Gasteiger partial charge in [0.2, 0.25) is 5.91 Å². The van der Waals surface area contributed by atoms with Crippen LogP contribution in [0.1, 0.15) is 25.6 Å². The molecule has 0 saturated carbocycles. The minimum Gasteiger partial charge on any atom is -0.379 e. The molecule has 6 nitrogen and oxygen atoms in total. The maximum Gasteiger partial charge on any atom is 0.224 e. The van der Waals surface area contributed by atoms with E-state index in [0.29, 0.717) is 6.42 Å². The van der Waals surface area contributed by atoms with E-state index in [-0.39, 0.29) is 5.91 Å². The first-order valence-corrected chi connectivity index (χ1v) is 8.22. The summed E-state index contributed by atoms with van der Waals surface area (Å²) in [5, 5.41) is 2.93. The quantitative estimate of drug-likeness (QED) is 0.918. The van der Waals surface area contributed by atoms with Crippen molar-refractivity contribution in [1.29, 1.82) is 0 Å². The SMILES string of the molecule is CCCC(=O)Nc1ccc2c(c1)nc(CN1CCOCC1)n2C. The number of fused-ring (bicyclic) bond motifs is 1. The number of hydrogen-bond acceptors (Lipinski definition) is 4. The molecule has 1 aliphatic rings. The fourth-order valence-electron chi connectivity index (χ4n) is 2.88. The van der Waals surface area contributed by atoms with Gasteiger partial charge in [0, 0.05) is 32.2 Å². The maximum absolute atomic E-state index is 11.7. The summed E-state index contributed by atoms with van der Waals surface area (Å²) < 4.78 is 7.52. The van der Waals surface area contributed by atoms with Gasteiger partial charge in [-0.3, -0.25) is 9.69 Å². The summed E-state index contributed by atoms with van der Waals surface area (Å²) in [6.45, 7) is 6.30. The van der Waals surface area contributed by atoms with Crippen molar-refractivity contribution in [3.63, 3.8) is 0 Å². The van der Waals surface area contributed by atoms with Gasteiger partial charge < -0.3 is 14.6 Å². The molecule has 0 bridgehead atoms. The van der Waals surface area contributed by atoms with Crippen molar-refractivity contribution in [3.8, 4) is 0 Å². The minimum atomic E-state index is 0.0521. The zero-order valence-corrected chi connectivity index (χ0v) is 13.8. The van der Waals surface area contributed by atoms with Gasteiger partial charge in [-0.05, 0) is 24.6 Å². The van der Waals surface area contributed by atoms with E-state index >= 15 is 0 Å². The number of morpholine rings is 1. The van der Waals surface area contributed by atoms with Crippen LogP contribution in [-0.2, 0) is 23.1 Å². The predicted octanol–water partition coefficient (Wildman–Crippen LogP) is 2.14. The smallest absolute Gasteiger partial charge is 0.224 e. The average Bonchev–Trinajstić information content (AvgIpc) is 2.84. The molecule has 1 N–H and O–H groups in total. The number of carbonyl (C=O) groups excluding carboxylic acids is 1. The molecule has 1 saturated heterocycles. The Bertz CT molecular complexity index is 689. The first-order chi connectivity index (χ1) is 11.2. The number of amides is 1. The standard InChI is InChI=1S/C17H24N4O2/c1-3-4-17(22)18-13-5-6-15-14(11-13)19-16(20(15)2)12-21-7-9-23-10-8-21/h5-6,11H,3-4,7-10,12H2,1-2H3,(H,18,22). The molecule has 1 aromatic carbocycles. The van der Waals surface area contributed by atoms with Crippen LogP contribution < -0.4 is 5.32 Å². The van der Waals surface area contributed by atoms with Gasteiger partial charge in [0.25, 0.3) is 0 Å². The highest BCUT2D eigenvalue weighted by atomic mass is 16.5. The number of imidazole rings is 1. The summed E-state index contributed by atoms with van der Waals surface area (Å²) in [5.41, 5.74) is 2.82. The van der Waals surface area contributed by atoms with Crippen LogP contribution in [0, 0.1) is 0 Å². The van der Waals surface area contributed by atoms with Crippen LogP contribution in [0.25, 0.3) is 11.0 Å². The molecule has 0 aliphatic carbocycles. The zero-order chi connectivity index (χ0) is 16.2. The molecule has 23 heavy (non-hydrogen) atoms. The fraction of sp³-hybridized carbons (Fsp3) is 0.529. The highest BCUT2D eigenvalue weighted by Gasteiger charge is 2.15. The predicted molar refractivity (Wildman–Crippen MR) is 90.3 cm³/mol. The van der Waals surface area contributed by atoms with Crippen molar-refractivity contribution >= 4 is 22.6 Å². The van der Waals surface area contributed by atoms with Crippen molar-refractivity contribution in [2.75, 3.05) is 31.6 Å². The van der Waals surface area contributed by atoms with E-state index in [0.717, 1.165) is 61.8 Å². The molecule has 124 valence electrons. The Morgan fingerprint density at radius 1 is 1.35 bits per heavy atom. The number of hydrogen-bond donors (Lipinski definition) is 1. The Balaban J connectivity index is 1.78. The lowest BCUT2D eigenvalue weighted by Gasteiger charge is -2.26. The lowest BCUT2D eigenvalue weighted by Crippen LogP contribution is -2.36. The summed E-state index contributed by atoms with van der Waals surface area (Å²) in [4.78, 5) is 18.8. The molecule has 2 heterocycles. The van der Waals surface area contributed by atoms with Crippen LogP contribution >= 0.6 is 0 Å². The van der Waals surface area contributed by atoms with Crippen LogP contribution in [0.4, 0.5) is 5.69 Å². The first-order valence-electron chi connectivity index (χ1n) is 8.22. The number of ether oxygens (including phenoxy) is 1. The van der Waals surface area contributed by atoms with Gasteiger partial charge in [-0.15, -0.1) is 0 Å². The first kappa shape index (κ1) is 16.0. The molecular weight excluding hydrogens is 292 g/mol. The number of aryl methyl sites for hydroxylation is 1. The molecule has 2 aromatic rings. The topological polar surface area (TPSA) is 59.4 Å². The van der Waals surface area contributed by atoms with Crippen molar-refractivity contribution in [1.82, 2.24) is 14.5 Å². The van der Waals surface area contributed by atoms with Crippen molar-refractivity contribution in [2.45, 2.75) is 26.3 Å². The molecule has 0 unspecified atom stereocenters. The Hall–Kier alpha value is -1.92. The molecule has 1 aromatic heterocycles. The van der Waals surface area contributed by atoms with Crippen LogP contribution in [0.3, 0.4) is 0 Å². The number of carbonyl (C=O) groups is 1. The van der Waals surface area contributed by atoms with Crippen LogP contribution in [0.2, 0.25) is 0 Å². The lowest BCUT2D eigenvalue weighted by atomic mass is 10.2. The van der Waals surface area contributed by atoms with E-state index in [1.54, 1.807) is 0 Å². The van der Waals surface area contributed by atoms with Crippen LogP contribution in [0.15, 0.2) is 18.2 Å². The van der Waals surface area contributed by atoms with Gasteiger partial charge in [0.15, 0.2) is 0 Å². The second-order valence-electron chi connectivity index (χ2n) is 5.98. The molecule has 1 amide bonds. The second kappa shape index (κ2) is 7.10. The molecule has 1 fully saturated rings. The monoisotopic (exact) mass is 316 g/mol. The van der Waals surface area contributed by atoms with Crippen LogP contribution in [0.5, 0.6) is 0 Å². The van der Waals surface area contributed by atoms with Gasteiger partial charge in [0.05, 0.1) is 30.8 Å². The fourth-order valence-corrected chi connectivity index (χ4v) is 2.88. The van der Waals surface area contributed by atoms with E-state index < -0.39 is 0 Å². The number of anilines is 1. The molecule has 0 spiro atoms. The van der Waals surface area contributed by atoms with E-state index in [1.807, 2.05) is 32.2 Å². The second-order valence-corrected chi connectivity index (χ2v) is 5.98. The molecule has 3 rings (SSSR count). The van der Waals surface area contributed by atoms with Gasteiger partial charge >= 0.3 is 0 Å². The van der Waals surface area contributed by atoms with Gasteiger partial charge in [0.1, 0.15) is 5.82 Å². The third-order valence-electron chi connectivity index (χ3n) is 4.20. The van der Waals surface area contributed by atoms with E-state index in [4.69, 9.17) is 9.72 Å². The Labute approximate surface area is 136 Å². The highest BCUT2D eigenvalue weighted by molar-refractivity contribution is 5.93. The summed E-state index contributed by atoms with van der Waals surface area (Å²) in [6.07, 6.45) is 1.39. The molecule has 6 heteroatoms. The summed E-state index contributed by atoms with van der Waals surface area (Å²) in [5.74, 6) is 1.09. The number of aromatic nitrogens is 2. The minimum absolute atomic E-state index is 0.0521. The summed E-state index contributed by atoms with van der Waals surface area (Å²) in [6, 6.07) is 5.91. The molecule has 1 aliphatic heterocycles. The van der Waals surface area contributed by atoms with Crippen molar-refractivity contribution < 1.29 is 9.53 Å². The molecular formula is C17H24N4O2. The van der Waals surface area contributed by atoms with E-state index in [2.05, 4.69) is 14.8 Å². The third-order valence-corrected chi connectivity index (χ3v) is 4.20. The maximum atomic E-state index is 11.7. The summed E-state index contributed by atoms with van der Waals surface area (Å²) >= 11 is 0. The van der Waals surface area contributed by atoms with E-state index in [9.17, 15) is 4.79 Å². The summed E-state index contributed by atoms with van der Waals surface area (Å²) in [7, 11) is 2.04. The Morgan fingerprint density at radius 3 is 2.87 bits per heavy atom. The average molecular weight is 316 g/mol. The Morgan fingerprint density at radius 2 is 2.13 bits per heavy atom. The third kappa shape index (κ3) is 3.71. The molecule has 0 atom stereocenters.